The SMILES string of the molecule is COCCc1nc(C2CCCN(C(=O)c3cccnc3)C2)n[nH]1. The number of H-pyrrole nitrogens is 1. The molecule has 1 aliphatic heterocycles. The fraction of sp³-hybridized carbons (Fsp3) is 0.500. The number of nitrogens with one attached hydrogen (secondary N) is 1. The van der Waals surface area contributed by atoms with Gasteiger partial charge in [-0.25, -0.2) is 4.98 Å². The van der Waals surface area contributed by atoms with Crippen molar-refractivity contribution in [3.63, 3.8) is 0 Å². The summed E-state index contributed by atoms with van der Waals surface area (Å²) in [6.45, 7) is 2.03. The van der Waals surface area contributed by atoms with Crippen LogP contribution in [0.3, 0.4) is 0 Å². The minimum absolute atomic E-state index is 0.0259. The molecule has 0 spiro atoms. The topological polar surface area (TPSA) is 84.0 Å². The molecule has 1 aliphatic rings. The van der Waals surface area contributed by atoms with Crippen LogP contribution in [0, 0.1) is 0 Å². The first-order valence-electron chi connectivity index (χ1n) is 7.87. The van der Waals surface area contributed by atoms with Gasteiger partial charge in [-0.05, 0) is 25.0 Å². The lowest BCUT2D eigenvalue weighted by atomic mass is 9.97. The molecule has 23 heavy (non-hydrogen) atoms. The van der Waals surface area contributed by atoms with Crippen molar-refractivity contribution in [1.29, 1.82) is 0 Å². The molecule has 0 radical (unpaired) electrons. The highest BCUT2D eigenvalue weighted by Gasteiger charge is 2.27. The monoisotopic (exact) mass is 315 g/mol. The molecule has 2 aromatic heterocycles. The number of amides is 1. The predicted octanol–water partition coefficient (Wildman–Crippen LogP) is 1.41. The van der Waals surface area contributed by atoms with Gasteiger partial charge in [-0.1, -0.05) is 0 Å². The Labute approximate surface area is 135 Å². The van der Waals surface area contributed by atoms with Crippen molar-refractivity contribution in [1.82, 2.24) is 25.1 Å². The van der Waals surface area contributed by atoms with Crippen molar-refractivity contribution in [2.24, 2.45) is 0 Å². The van der Waals surface area contributed by atoms with E-state index in [0.717, 1.165) is 31.0 Å². The van der Waals surface area contributed by atoms with Crippen LogP contribution in [-0.2, 0) is 11.2 Å². The van der Waals surface area contributed by atoms with E-state index in [1.807, 2.05) is 4.90 Å². The molecule has 0 aliphatic carbocycles. The zero-order chi connectivity index (χ0) is 16.1. The lowest BCUT2D eigenvalue weighted by Gasteiger charge is -2.31. The number of carbonyl (C=O) groups excluding carboxylic acids is 1. The van der Waals surface area contributed by atoms with Crippen molar-refractivity contribution < 1.29 is 9.53 Å². The molecule has 1 atom stereocenters. The van der Waals surface area contributed by atoms with Crippen LogP contribution in [0.15, 0.2) is 24.5 Å². The smallest absolute Gasteiger partial charge is 0.255 e. The lowest BCUT2D eigenvalue weighted by molar-refractivity contribution is 0.0704. The number of hydrogen-bond donors (Lipinski definition) is 1. The van der Waals surface area contributed by atoms with Gasteiger partial charge in [-0.2, -0.15) is 5.10 Å². The molecule has 1 fully saturated rings. The molecule has 1 saturated heterocycles. The van der Waals surface area contributed by atoms with Gasteiger partial charge in [0.25, 0.3) is 5.91 Å². The van der Waals surface area contributed by atoms with Gasteiger partial charge in [-0.15, -0.1) is 0 Å². The molecule has 7 nitrogen and oxygen atoms in total. The second-order valence-corrected chi connectivity index (χ2v) is 5.72. The Bertz CT molecular complexity index is 643. The van der Waals surface area contributed by atoms with Crippen LogP contribution in [0.25, 0.3) is 0 Å². The minimum Gasteiger partial charge on any atom is -0.384 e. The van der Waals surface area contributed by atoms with Crippen molar-refractivity contribution >= 4 is 5.91 Å². The Morgan fingerprint density at radius 2 is 2.43 bits per heavy atom. The zero-order valence-corrected chi connectivity index (χ0v) is 13.2. The Kier molecular flexibility index (Phi) is 4.97. The summed E-state index contributed by atoms with van der Waals surface area (Å²) in [4.78, 5) is 23.0. The van der Waals surface area contributed by atoms with Crippen LogP contribution >= 0.6 is 0 Å². The zero-order valence-electron chi connectivity index (χ0n) is 13.2. The maximum absolute atomic E-state index is 12.5. The van der Waals surface area contributed by atoms with Crippen LogP contribution in [0.1, 0.15) is 40.8 Å². The van der Waals surface area contributed by atoms with Crippen molar-refractivity contribution in [3.05, 3.63) is 41.7 Å². The summed E-state index contributed by atoms with van der Waals surface area (Å²) in [5.41, 5.74) is 0.629. The molecular weight excluding hydrogens is 294 g/mol. The van der Waals surface area contributed by atoms with Gasteiger partial charge in [0.2, 0.25) is 0 Å². The average Bonchev–Trinajstić information content (AvgIpc) is 3.09. The molecule has 2 aromatic rings. The van der Waals surface area contributed by atoms with E-state index in [1.165, 1.54) is 0 Å². The molecule has 0 bridgehead atoms. The first-order valence-corrected chi connectivity index (χ1v) is 7.87. The van der Waals surface area contributed by atoms with E-state index in [9.17, 15) is 4.79 Å². The molecule has 3 rings (SSSR count). The standard InChI is InChI=1S/C16H21N5O2/c1-23-9-6-14-18-15(20-19-14)13-5-3-8-21(11-13)16(22)12-4-2-7-17-10-12/h2,4,7,10,13H,3,5-6,8-9,11H2,1H3,(H,18,19,20). The molecule has 7 heteroatoms. The van der Waals surface area contributed by atoms with Crippen LogP contribution in [0.4, 0.5) is 0 Å². The molecule has 1 N–H and O–H groups in total. The Morgan fingerprint density at radius 3 is 3.22 bits per heavy atom. The number of aromatic nitrogens is 4. The maximum Gasteiger partial charge on any atom is 0.255 e. The highest BCUT2D eigenvalue weighted by Crippen LogP contribution is 2.25. The maximum atomic E-state index is 12.5. The van der Waals surface area contributed by atoms with Gasteiger partial charge in [0.15, 0.2) is 5.82 Å². The summed E-state index contributed by atoms with van der Waals surface area (Å²) in [5.74, 6) is 1.83. The lowest BCUT2D eigenvalue weighted by Crippen LogP contribution is -2.39. The van der Waals surface area contributed by atoms with E-state index in [0.29, 0.717) is 25.1 Å². The fourth-order valence-corrected chi connectivity index (χ4v) is 2.85. The first kappa shape index (κ1) is 15.6. The number of likely N-dealkylation sites (tertiary alicyclic amines) is 1. The van der Waals surface area contributed by atoms with E-state index in [-0.39, 0.29) is 11.8 Å². The Hall–Kier alpha value is -2.28. The predicted molar refractivity (Wildman–Crippen MR) is 84.1 cm³/mol. The number of carbonyl (C=O) groups is 1. The normalized spacial score (nSPS) is 18.1. The quantitative estimate of drug-likeness (QED) is 0.902. The number of nitrogens with zero attached hydrogens (tertiary/aromatic N) is 4. The van der Waals surface area contributed by atoms with Gasteiger partial charge in [0.1, 0.15) is 5.82 Å². The third-order valence-corrected chi connectivity index (χ3v) is 4.07. The molecule has 0 aromatic carbocycles. The third-order valence-electron chi connectivity index (χ3n) is 4.07. The van der Waals surface area contributed by atoms with Crippen LogP contribution in [0.2, 0.25) is 0 Å². The van der Waals surface area contributed by atoms with Gasteiger partial charge >= 0.3 is 0 Å². The van der Waals surface area contributed by atoms with Crippen molar-refractivity contribution in [2.45, 2.75) is 25.2 Å². The highest BCUT2D eigenvalue weighted by molar-refractivity contribution is 5.93. The minimum atomic E-state index is 0.0259. The Morgan fingerprint density at radius 1 is 1.52 bits per heavy atom. The van der Waals surface area contributed by atoms with Gasteiger partial charge in [0, 0.05) is 44.9 Å². The molecule has 0 saturated carbocycles. The van der Waals surface area contributed by atoms with Crippen molar-refractivity contribution in [3.8, 4) is 0 Å². The highest BCUT2D eigenvalue weighted by atomic mass is 16.5. The second-order valence-electron chi connectivity index (χ2n) is 5.72. The summed E-state index contributed by atoms with van der Waals surface area (Å²) >= 11 is 0. The largest absolute Gasteiger partial charge is 0.384 e. The molecule has 122 valence electrons. The summed E-state index contributed by atoms with van der Waals surface area (Å²) in [7, 11) is 1.67. The van der Waals surface area contributed by atoms with Gasteiger partial charge < -0.3 is 9.64 Å². The van der Waals surface area contributed by atoms with E-state index < -0.39 is 0 Å². The van der Waals surface area contributed by atoms with E-state index in [4.69, 9.17) is 4.74 Å². The van der Waals surface area contributed by atoms with E-state index >= 15 is 0 Å². The van der Waals surface area contributed by atoms with Gasteiger partial charge in [0.05, 0.1) is 12.2 Å². The van der Waals surface area contributed by atoms with E-state index in [1.54, 1.807) is 31.6 Å². The summed E-state index contributed by atoms with van der Waals surface area (Å²) in [6, 6.07) is 3.58. The van der Waals surface area contributed by atoms with Crippen LogP contribution in [-0.4, -0.2) is 57.8 Å². The van der Waals surface area contributed by atoms with Crippen LogP contribution in [0.5, 0.6) is 0 Å². The Balaban J connectivity index is 1.66. The summed E-state index contributed by atoms with van der Waals surface area (Å²) in [5, 5.41) is 7.28. The third kappa shape index (κ3) is 3.73. The molecule has 1 amide bonds. The average molecular weight is 315 g/mol. The van der Waals surface area contributed by atoms with Crippen molar-refractivity contribution in [2.75, 3.05) is 26.8 Å². The number of ether oxygens (including phenoxy) is 1. The number of hydrogen-bond acceptors (Lipinski definition) is 5. The fourth-order valence-electron chi connectivity index (χ4n) is 2.85. The number of methoxy groups -OCH3 is 1. The van der Waals surface area contributed by atoms with Gasteiger partial charge in [-0.3, -0.25) is 14.9 Å². The second kappa shape index (κ2) is 7.32. The molecule has 1 unspecified atom stereocenters. The number of aromatic amines is 1. The first-order chi connectivity index (χ1) is 11.3. The molecule has 3 heterocycles. The summed E-state index contributed by atoms with van der Waals surface area (Å²) < 4.78 is 5.05. The summed E-state index contributed by atoms with van der Waals surface area (Å²) in [6.07, 6.45) is 5.96. The van der Waals surface area contributed by atoms with Crippen LogP contribution < -0.4 is 0 Å². The molecular formula is C16H21N5O2. The van der Waals surface area contributed by atoms with E-state index in [2.05, 4.69) is 20.2 Å². The number of piperidine rings is 1. The number of pyridine rings is 1. The number of rotatable bonds is 5.